The Hall–Kier alpha value is -3.48. The zero-order valence-corrected chi connectivity index (χ0v) is 17.4. The fourth-order valence-electron chi connectivity index (χ4n) is 6.00. The second-order valence-electron chi connectivity index (χ2n) is 8.76. The molecule has 2 amide bonds. The van der Waals surface area contributed by atoms with Crippen molar-refractivity contribution in [2.24, 2.45) is 11.8 Å². The van der Waals surface area contributed by atoms with E-state index in [1.807, 2.05) is 12.1 Å². The van der Waals surface area contributed by atoms with Gasteiger partial charge in [0, 0.05) is 11.8 Å². The first kappa shape index (κ1) is 19.2. The quantitative estimate of drug-likeness (QED) is 0.499. The molecule has 1 N–H and O–H groups in total. The van der Waals surface area contributed by atoms with Crippen LogP contribution in [0.15, 0.2) is 66.7 Å². The summed E-state index contributed by atoms with van der Waals surface area (Å²) in [5.41, 5.74) is 6.01. The Labute approximate surface area is 185 Å². The van der Waals surface area contributed by atoms with Crippen LogP contribution >= 0.6 is 0 Å². The van der Waals surface area contributed by atoms with Crippen LogP contribution in [0.3, 0.4) is 0 Å². The molecule has 4 aliphatic rings. The first-order valence-corrected chi connectivity index (χ1v) is 10.9. The van der Waals surface area contributed by atoms with E-state index in [0.29, 0.717) is 5.69 Å². The molecule has 0 spiro atoms. The monoisotopic (exact) mass is 425 g/mol. The van der Waals surface area contributed by atoms with Gasteiger partial charge in [0.1, 0.15) is 0 Å². The molecule has 7 rings (SSSR count). The molecule has 3 aromatic rings. The lowest BCUT2D eigenvalue weighted by molar-refractivity contribution is -0.122. The topological polar surface area (TPSA) is 83.9 Å². The van der Waals surface area contributed by atoms with Crippen LogP contribution in [0.1, 0.15) is 46.6 Å². The number of hydrogen-bond donors (Lipinski definition) is 1. The molecule has 1 heterocycles. The average Bonchev–Trinajstić information content (AvgIpc) is 3.09. The zero-order valence-electron chi connectivity index (χ0n) is 17.4. The van der Waals surface area contributed by atoms with E-state index in [1.165, 1.54) is 22.6 Å². The summed E-state index contributed by atoms with van der Waals surface area (Å²) in [6.07, 6.45) is 0.902. The van der Waals surface area contributed by atoms with Crippen molar-refractivity contribution in [1.82, 2.24) is 0 Å². The Morgan fingerprint density at radius 3 is 2.09 bits per heavy atom. The second kappa shape index (κ2) is 6.76. The van der Waals surface area contributed by atoms with Crippen molar-refractivity contribution in [2.75, 3.05) is 10.1 Å². The number of amides is 2. The summed E-state index contributed by atoms with van der Waals surface area (Å²) in [5, 5.41) is 20.4. The van der Waals surface area contributed by atoms with E-state index in [0.717, 1.165) is 28.7 Å². The molecule has 3 aliphatic carbocycles. The number of carbonyl (C=O) groups is 2. The van der Waals surface area contributed by atoms with Gasteiger partial charge in [-0.15, -0.1) is 0 Å². The van der Waals surface area contributed by atoms with Gasteiger partial charge < -0.3 is 10.4 Å². The largest absolute Gasteiger partial charge is 0.733 e. The molecule has 4 atom stereocenters. The lowest BCUT2D eigenvalue weighted by atomic mass is 9.55. The molecule has 0 saturated carbocycles. The molecule has 1 saturated heterocycles. The second-order valence-corrected chi connectivity index (χ2v) is 8.76. The molecule has 1 fully saturated rings. The highest BCUT2D eigenvalue weighted by atomic mass is 16.8. The Morgan fingerprint density at radius 2 is 1.47 bits per heavy atom. The fourth-order valence-corrected chi connectivity index (χ4v) is 6.00. The molecule has 6 heteroatoms. The third-order valence-electron chi connectivity index (χ3n) is 7.32. The molecule has 2 bridgehead atoms. The molecular weight excluding hydrogens is 404 g/mol. The molecule has 1 aliphatic heterocycles. The van der Waals surface area contributed by atoms with Crippen molar-refractivity contribution in [1.29, 1.82) is 0 Å². The maximum Gasteiger partial charge on any atom is 0.238 e. The molecule has 0 radical (unpaired) electrons. The van der Waals surface area contributed by atoms with Crippen LogP contribution in [0, 0.1) is 17.0 Å². The van der Waals surface area contributed by atoms with Gasteiger partial charge in [-0.25, -0.2) is 4.90 Å². The van der Waals surface area contributed by atoms with E-state index in [2.05, 4.69) is 37.3 Å². The highest BCUT2D eigenvalue weighted by Gasteiger charge is 2.61. The first-order chi connectivity index (χ1) is 15.5. The molecule has 0 unspecified atom stereocenters. The van der Waals surface area contributed by atoms with Gasteiger partial charge in [-0.3, -0.25) is 14.8 Å². The van der Waals surface area contributed by atoms with Gasteiger partial charge in [-0.2, -0.15) is 0 Å². The van der Waals surface area contributed by atoms with Crippen LogP contribution in [0.5, 0.6) is 0 Å². The van der Waals surface area contributed by atoms with Crippen molar-refractivity contribution in [2.45, 2.75) is 25.2 Å². The minimum Gasteiger partial charge on any atom is -0.733 e. The summed E-state index contributed by atoms with van der Waals surface area (Å²) in [6, 6.07) is 20.5. The summed E-state index contributed by atoms with van der Waals surface area (Å²) in [7, 11) is 0. The van der Waals surface area contributed by atoms with E-state index in [9.17, 15) is 20.0 Å². The summed E-state index contributed by atoms with van der Waals surface area (Å²) in [6.45, 7) is 2.11. The molecule has 6 nitrogen and oxygen atoms in total. The van der Waals surface area contributed by atoms with E-state index < -0.39 is 11.8 Å². The van der Waals surface area contributed by atoms with Gasteiger partial charge in [-0.1, -0.05) is 55.5 Å². The van der Waals surface area contributed by atoms with Crippen molar-refractivity contribution in [3.05, 3.63) is 99.8 Å². The summed E-state index contributed by atoms with van der Waals surface area (Å²) < 4.78 is 0. The normalized spacial score (nSPS) is 24.9. The number of rotatable bonds is 3. The Kier molecular flexibility index (Phi) is 4.06. The molecule has 32 heavy (non-hydrogen) atoms. The number of aryl methyl sites for hydroxylation is 1. The minimum absolute atomic E-state index is 0.0277. The maximum absolute atomic E-state index is 13.7. The SMILES string of the molecule is CCc1ccc2c(c1)[C@H]1c3ccccc3[C@H]2[C@@H]2C(=O)N(c3cccc(N([O-])O)c3)C(=O)[C@H]12. The van der Waals surface area contributed by atoms with Crippen LogP contribution < -0.4 is 10.1 Å². The third kappa shape index (κ3) is 2.42. The van der Waals surface area contributed by atoms with Gasteiger partial charge in [0.25, 0.3) is 0 Å². The van der Waals surface area contributed by atoms with E-state index in [4.69, 9.17) is 0 Å². The van der Waals surface area contributed by atoms with Gasteiger partial charge in [0.15, 0.2) is 0 Å². The standard InChI is InChI=1S/C26H21N2O4/c1-2-14-10-11-19-20(12-14)22-18-9-4-3-8-17(18)21(19)23-24(22)26(30)27(25(23)29)15-6-5-7-16(13-15)28(31)32/h3-13,21-24,31H,2H2,1H3/q-1/t21-,22-,23+,24-/m1/s1. The number of anilines is 2. The fraction of sp³-hybridized carbons (Fsp3) is 0.231. The van der Waals surface area contributed by atoms with Gasteiger partial charge in [-0.05, 0) is 52.4 Å². The lowest BCUT2D eigenvalue weighted by Gasteiger charge is -2.46. The van der Waals surface area contributed by atoms with E-state index >= 15 is 0 Å². The predicted molar refractivity (Wildman–Crippen MR) is 119 cm³/mol. The van der Waals surface area contributed by atoms with Crippen LogP contribution in [0.2, 0.25) is 0 Å². The van der Waals surface area contributed by atoms with Crippen LogP contribution in [-0.2, 0) is 16.0 Å². The minimum atomic E-state index is -0.483. The maximum atomic E-state index is 13.7. The Morgan fingerprint density at radius 1 is 0.844 bits per heavy atom. The predicted octanol–water partition coefficient (Wildman–Crippen LogP) is 4.34. The van der Waals surface area contributed by atoms with Gasteiger partial charge in [0.05, 0.1) is 23.2 Å². The highest BCUT2D eigenvalue weighted by molar-refractivity contribution is 6.23. The third-order valence-corrected chi connectivity index (χ3v) is 7.32. The Balaban J connectivity index is 1.53. The number of hydrogen-bond acceptors (Lipinski definition) is 5. The highest BCUT2D eigenvalue weighted by Crippen LogP contribution is 2.61. The number of imide groups is 1. The summed E-state index contributed by atoms with van der Waals surface area (Å²) in [4.78, 5) is 28.7. The average molecular weight is 425 g/mol. The van der Waals surface area contributed by atoms with E-state index in [-0.39, 0.29) is 34.6 Å². The number of carbonyl (C=O) groups excluding carboxylic acids is 2. The molecule has 0 aromatic heterocycles. The molecule has 3 aromatic carbocycles. The van der Waals surface area contributed by atoms with Gasteiger partial charge in [0.2, 0.25) is 11.8 Å². The summed E-state index contributed by atoms with van der Waals surface area (Å²) >= 11 is 0. The van der Waals surface area contributed by atoms with Crippen LogP contribution in [-0.4, -0.2) is 17.0 Å². The van der Waals surface area contributed by atoms with Crippen LogP contribution in [0.25, 0.3) is 0 Å². The molecular formula is C26H21N2O4-. The van der Waals surface area contributed by atoms with Crippen molar-refractivity contribution >= 4 is 23.2 Å². The molecule has 160 valence electrons. The van der Waals surface area contributed by atoms with Crippen molar-refractivity contribution in [3.8, 4) is 0 Å². The zero-order chi connectivity index (χ0) is 22.1. The van der Waals surface area contributed by atoms with E-state index in [1.54, 1.807) is 12.1 Å². The lowest BCUT2D eigenvalue weighted by Crippen LogP contribution is -2.41. The smallest absolute Gasteiger partial charge is 0.238 e. The van der Waals surface area contributed by atoms with Gasteiger partial charge >= 0.3 is 0 Å². The van der Waals surface area contributed by atoms with Crippen LogP contribution in [0.4, 0.5) is 11.4 Å². The van der Waals surface area contributed by atoms with Crippen molar-refractivity contribution in [3.63, 3.8) is 0 Å². The number of nitrogens with zero attached hydrogens (tertiary/aromatic N) is 2. The summed E-state index contributed by atoms with van der Waals surface area (Å²) in [5.74, 6) is -1.82. The Bertz CT molecular complexity index is 1280. The van der Waals surface area contributed by atoms with Crippen molar-refractivity contribution < 1.29 is 14.8 Å². The number of benzene rings is 3. The first-order valence-electron chi connectivity index (χ1n) is 10.9.